The number of benzene rings is 1. The molecule has 1 aliphatic carbocycles. The Morgan fingerprint density at radius 2 is 2.00 bits per heavy atom. The molecule has 0 aromatic heterocycles. The smallest absolute Gasteiger partial charge is 0.295 e. The summed E-state index contributed by atoms with van der Waals surface area (Å²) in [4.78, 5) is 10.3. The molecular weight excluding hydrogens is 259 g/mol. The van der Waals surface area contributed by atoms with E-state index in [1.54, 1.807) is 0 Å². The van der Waals surface area contributed by atoms with Crippen molar-refractivity contribution in [2.75, 3.05) is 5.32 Å². The SMILES string of the molecule is O=[N+]([O-])c1cc(F)c(Cl)cc1NC1CCCCC1. The molecule has 1 aliphatic rings. The third-order valence-corrected chi connectivity index (χ3v) is 3.49. The lowest BCUT2D eigenvalue weighted by atomic mass is 9.95. The van der Waals surface area contributed by atoms with Crippen molar-refractivity contribution < 1.29 is 9.31 Å². The van der Waals surface area contributed by atoms with Crippen LogP contribution in [0.2, 0.25) is 5.02 Å². The van der Waals surface area contributed by atoms with Crippen molar-refractivity contribution in [1.29, 1.82) is 0 Å². The zero-order valence-corrected chi connectivity index (χ0v) is 10.5. The highest BCUT2D eigenvalue weighted by molar-refractivity contribution is 6.31. The van der Waals surface area contributed by atoms with Crippen LogP contribution >= 0.6 is 11.6 Å². The van der Waals surface area contributed by atoms with Crippen LogP contribution in [0, 0.1) is 15.9 Å². The van der Waals surface area contributed by atoms with Gasteiger partial charge in [0.2, 0.25) is 0 Å². The van der Waals surface area contributed by atoms with E-state index >= 15 is 0 Å². The second kappa shape index (κ2) is 5.52. The first-order chi connectivity index (χ1) is 8.58. The number of anilines is 1. The van der Waals surface area contributed by atoms with Crippen molar-refractivity contribution in [3.63, 3.8) is 0 Å². The Kier molecular flexibility index (Phi) is 4.01. The van der Waals surface area contributed by atoms with Crippen molar-refractivity contribution >= 4 is 23.0 Å². The van der Waals surface area contributed by atoms with Crippen LogP contribution < -0.4 is 5.32 Å². The molecule has 2 rings (SSSR count). The van der Waals surface area contributed by atoms with Gasteiger partial charge in [-0.2, -0.15) is 0 Å². The molecule has 0 unspecified atom stereocenters. The zero-order valence-electron chi connectivity index (χ0n) is 9.79. The number of hydrogen-bond acceptors (Lipinski definition) is 3. The highest BCUT2D eigenvalue weighted by Gasteiger charge is 2.21. The van der Waals surface area contributed by atoms with Gasteiger partial charge in [0.1, 0.15) is 11.5 Å². The van der Waals surface area contributed by atoms with E-state index in [0.717, 1.165) is 31.7 Å². The number of hydrogen-bond donors (Lipinski definition) is 1. The van der Waals surface area contributed by atoms with Crippen LogP contribution in [0.4, 0.5) is 15.8 Å². The van der Waals surface area contributed by atoms with Gasteiger partial charge in [0.05, 0.1) is 16.0 Å². The van der Waals surface area contributed by atoms with Gasteiger partial charge in [-0.1, -0.05) is 30.9 Å². The molecule has 1 aromatic rings. The summed E-state index contributed by atoms with van der Waals surface area (Å²) in [5, 5.41) is 13.9. The highest BCUT2D eigenvalue weighted by atomic mass is 35.5. The minimum absolute atomic E-state index is 0.0982. The quantitative estimate of drug-likeness (QED) is 0.665. The molecule has 0 heterocycles. The van der Waals surface area contributed by atoms with Crippen LogP contribution in [0.1, 0.15) is 32.1 Å². The van der Waals surface area contributed by atoms with Crippen molar-refractivity contribution in [2.45, 2.75) is 38.1 Å². The van der Waals surface area contributed by atoms with Gasteiger partial charge in [-0.25, -0.2) is 4.39 Å². The molecule has 1 aromatic carbocycles. The van der Waals surface area contributed by atoms with Crippen molar-refractivity contribution in [3.05, 3.63) is 33.1 Å². The molecule has 0 aliphatic heterocycles. The largest absolute Gasteiger partial charge is 0.377 e. The summed E-state index contributed by atoms with van der Waals surface area (Å²) in [7, 11) is 0. The molecule has 1 fully saturated rings. The van der Waals surface area contributed by atoms with Gasteiger partial charge in [-0.05, 0) is 18.9 Å². The zero-order chi connectivity index (χ0) is 13.1. The van der Waals surface area contributed by atoms with Gasteiger partial charge in [0.15, 0.2) is 0 Å². The van der Waals surface area contributed by atoms with Crippen LogP contribution in [-0.2, 0) is 0 Å². The summed E-state index contributed by atoms with van der Waals surface area (Å²) in [6.45, 7) is 0. The molecule has 0 radical (unpaired) electrons. The van der Waals surface area contributed by atoms with Crippen LogP contribution in [0.5, 0.6) is 0 Å². The third kappa shape index (κ3) is 2.90. The van der Waals surface area contributed by atoms with Gasteiger partial charge in [-0.15, -0.1) is 0 Å². The molecule has 0 amide bonds. The Labute approximate surface area is 109 Å². The Morgan fingerprint density at radius 1 is 1.33 bits per heavy atom. The van der Waals surface area contributed by atoms with Gasteiger partial charge < -0.3 is 5.32 Å². The second-order valence-electron chi connectivity index (χ2n) is 4.52. The lowest BCUT2D eigenvalue weighted by Crippen LogP contribution is -2.22. The van der Waals surface area contributed by atoms with Gasteiger partial charge in [0.25, 0.3) is 5.69 Å². The van der Waals surface area contributed by atoms with Crippen molar-refractivity contribution in [3.8, 4) is 0 Å². The second-order valence-corrected chi connectivity index (χ2v) is 4.93. The summed E-state index contributed by atoms with van der Waals surface area (Å²) in [6.07, 6.45) is 5.38. The summed E-state index contributed by atoms with van der Waals surface area (Å²) < 4.78 is 13.2. The third-order valence-electron chi connectivity index (χ3n) is 3.20. The van der Waals surface area contributed by atoms with E-state index < -0.39 is 10.7 Å². The van der Waals surface area contributed by atoms with E-state index in [4.69, 9.17) is 11.6 Å². The van der Waals surface area contributed by atoms with E-state index in [-0.39, 0.29) is 16.8 Å². The number of nitrogens with zero attached hydrogens (tertiary/aromatic N) is 1. The van der Waals surface area contributed by atoms with Crippen LogP contribution in [0.3, 0.4) is 0 Å². The van der Waals surface area contributed by atoms with Crippen molar-refractivity contribution in [1.82, 2.24) is 0 Å². The summed E-state index contributed by atoms with van der Waals surface area (Å²) in [5.41, 5.74) is 0.0424. The topological polar surface area (TPSA) is 55.2 Å². The number of rotatable bonds is 3. The lowest BCUT2D eigenvalue weighted by Gasteiger charge is -2.23. The molecule has 0 atom stereocenters. The van der Waals surface area contributed by atoms with Crippen LogP contribution in [0.25, 0.3) is 0 Å². The van der Waals surface area contributed by atoms with Gasteiger partial charge >= 0.3 is 0 Å². The average Bonchev–Trinajstić information content (AvgIpc) is 2.34. The van der Waals surface area contributed by atoms with E-state index in [1.165, 1.54) is 12.5 Å². The predicted octanol–water partition coefficient (Wildman–Crippen LogP) is 4.13. The number of halogens is 2. The molecule has 1 N–H and O–H groups in total. The number of nitrogens with one attached hydrogen (secondary N) is 1. The monoisotopic (exact) mass is 272 g/mol. The maximum Gasteiger partial charge on any atom is 0.295 e. The normalized spacial score (nSPS) is 16.6. The fourth-order valence-corrected chi connectivity index (χ4v) is 2.43. The Hall–Kier alpha value is -1.36. The number of nitro groups is 1. The highest BCUT2D eigenvalue weighted by Crippen LogP contribution is 2.32. The van der Waals surface area contributed by atoms with E-state index in [2.05, 4.69) is 5.32 Å². The van der Waals surface area contributed by atoms with Crippen LogP contribution in [-0.4, -0.2) is 11.0 Å². The molecule has 6 heteroatoms. The Morgan fingerprint density at radius 3 is 2.61 bits per heavy atom. The molecule has 1 saturated carbocycles. The summed E-state index contributed by atoms with van der Waals surface area (Å²) >= 11 is 5.67. The molecular formula is C12H14ClFN2O2. The first-order valence-electron chi connectivity index (χ1n) is 5.98. The Balaban J connectivity index is 2.24. The van der Waals surface area contributed by atoms with Crippen LogP contribution in [0.15, 0.2) is 12.1 Å². The standard InChI is InChI=1S/C12H14ClFN2O2/c13-9-6-11(12(16(17)18)7-10(9)14)15-8-4-2-1-3-5-8/h6-8,15H,1-5H2. The minimum atomic E-state index is -0.766. The predicted molar refractivity (Wildman–Crippen MR) is 68.6 cm³/mol. The average molecular weight is 273 g/mol. The molecule has 0 spiro atoms. The maximum absolute atomic E-state index is 13.2. The van der Waals surface area contributed by atoms with E-state index in [0.29, 0.717) is 5.69 Å². The Bertz CT molecular complexity index is 462. The summed E-state index contributed by atoms with van der Waals surface area (Å²) in [5.74, 6) is -0.766. The van der Waals surface area contributed by atoms with E-state index in [1.807, 2.05) is 0 Å². The van der Waals surface area contributed by atoms with Gasteiger partial charge in [-0.3, -0.25) is 10.1 Å². The molecule has 0 saturated heterocycles. The van der Waals surface area contributed by atoms with E-state index in [9.17, 15) is 14.5 Å². The van der Waals surface area contributed by atoms with Gasteiger partial charge in [0, 0.05) is 6.04 Å². The van der Waals surface area contributed by atoms with Crippen molar-refractivity contribution in [2.24, 2.45) is 0 Å². The molecule has 18 heavy (non-hydrogen) atoms. The molecule has 98 valence electrons. The number of nitro benzene ring substituents is 1. The lowest BCUT2D eigenvalue weighted by molar-refractivity contribution is -0.384. The molecule has 0 bridgehead atoms. The maximum atomic E-state index is 13.2. The first kappa shape index (κ1) is 13.1. The fourth-order valence-electron chi connectivity index (χ4n) is 2.27. The first-order valence-corrected chi connectivity index (χ1v) is 6.35. The molecule has 4 nitrogen and oxygen atoms in total. The summed E-state index contributed by atoms with van der Waals surface area (Å²) in [6, 6.07) is 2.37. The minimum Gasteiger partial charge on any atom is -0.377 e. The fraction of sp³-hybridized carbons (Fsp3) is 0.500.